The fraction of sp³-hybridized carbons (Fsp3) is 0.765. The standard InChI is InChI=1S/C17H30N4O/c1-11(2)21(14-8-9-14)16(22)18-12(3)15-10-20(17(5,6)7)19-13(15)4/h10-12,14H,8-9H2,1-7H3,(H,18,22). The molecule has 0 aliphatic heterocycles. The summed E-state index contributed by atoms with van der Waals surface area (Å²) >= 11 is 0. The Morgan fingerprint density at radius 3 is 2.36 bits per heavy atom. The van der Waals surface area contributed by atoms with Crippen LogP contribution in [0.15, 0.2) is 6.20 Å². The van der Waals surface area contributed by atoms with E-state index in [0.717, 1.165) is 24.1 Å². The van der Waals surface area contributed by atoms with Crippen LogP contribution in [0.5, 0.6) is 0 Å². The zero-order valence-corrected chi connectivity index (χ0v) is 15.0. The number of aromatic nitrogens is 2. The quantitative estimate of drug-likeness (QED) is 0.924. The SMILES string of the molecule is Cc1nn(C(C)(C)C)cc1C(C)NC(=O)N(C(C)C)C1CC1. The first-order valence-electron chi connectivity index (χ1n) is 8.26. The van der Waals surface area contributed by atoms with Crippen LogP contribution < -0.4 is 5.32 Å². The van der Waals surface area contributed by atoms with Gasteiger partial charge in [0.05, 0.1) is 17.3 Å². The van der Waals surface area contributed by atoms with Gasteiger partial charge in [-0.05, 0) is 61.3 Å². The normalized spacial score (nSPS) is 16.7. The van der Waals surface area contributed by atoms with E-state index in [9.17, 15) is 4.79 Å². The van der Waals surface area contributed by atoms with E-state index in [1.807, 2.05) is 23.4 Å². The van der Waals surface area contributed by atoms with E-state index < -0.39 is 0 Å². The second-order valence-electron chi connectivity index (χ2n) is 7.69. The van der Waals surface area contributed by atoms with Gasteiger partial charge in [-0.3, -0.25) is 4.68 Å². The molecule has 2 amide bonds. The minimum absolute atomic E-state index is 0.0351. The van der Waals surface area contributed by atoms with Gasteiger partial charge in [0.1, 0.15) is 0 Å². The summed E-state index contributed by atoms with van der Waals surface area (Å²) in [5.74, 6) is 0. The number of nitrogens with one attached hydrogen (secondary N) is 1. The first-order chi connectivity index (χ1) is 10.1. The maximum atomic E-state index is 12.6. The Kier molecular flexibility index (Phi) is 4.54. The van der Waals surface area contributed by atoms with Crippen LogP contribution in [0.4, 0.5) is 4.79 Å². The van der Waals surface area contributed by atoms with Crippen molar-refractivity contribution in [3.63, 3.8) is 0 Å². The van der Waals surface area contributed by atoms with E-state index in [1.54, 1.807) is 0 Å². The average Bonchev–Trinajstić information content (AvgIpc) is 3.08. The molecule has 1 aromatic rings. The molecule has 1 saturated carbocycles. The maximum absolute atomic E-state index is 12.6. The molecule has 1 unspecified atom stereocenters. The Morgan fingerprint density at radius 2 is 1.95 bits per heavy atom. The summed E-state index contributed by atoms with van der Waals surface area (Å²) in [6, 6.07) is 0.653. The predicted molar refractivity (Wildman–Crippen MR) is 88.9 cm³/mol. The topological polar surface area (TPSA) is 50.2 Å². The highest BCUT2D eigenvalue weighted by Crippen LogP contribution is 2.29. The molecule has 1 aliphatic carbocycles. The Bertz CT molecular complexity index is 535. The Labute approximate surface area is 134 Å². The molecule has 2 rings (SSSR count). The van der Waals surface area contributed by atoms with Gasteiger partial charge in [-0.1, -0.05) is 0 Å². The van der Waals surface area contributed by atoms with Crippen molar-refractivity contribution in [1.82, 2.24) is 20.0 Å². The zero-order chi connectivity index (χ0) is 16.7. The molecular formula is C17H30N4O. The van der Waals surface area contributed by atoms with Crippen molar-refractivity contribution in [1.29, 1.82) is 0 Å². The molecule has 0 aromatic carbocycles. The number of carbonyl (C=O) groups is 1. The lowest BCUT2D eigenvalue weighted by Gasteiger charge is -2.28. The number of urea groups is 1. The van der Waals surface area contributed by atoms with Gasteiger partial charge in [0, 0.05) is 23.8 Å². The van der Waals surface area contributed by atoms with Crippen LogP contribution in [0.25, 0.3) is 0 Å². The average molecular weight is 306 g/mol. The molecule has 1 aromatic heterocycles. The lowest BCUT2D eigenvalue weighted by Crippen LogP contribution is -2.46. The predicted octanol–water partition coefficient (Wildman–Crippen LogP) is 3.59. The van der Waals surface area contributed by atoms with Gasteiger partial charge < -0.3 is 10.2 Å². The number of nitrogens with zero attached hydrogens (tertiary/aromatic N) is 3. The van der Waals surface area contributed by atoms with Crippen LogP contribution in [-0.2, 0) is 5.54 Å². The largest absolute Gasteiger partial charge is 0.331 e. The van der Waals surface area contributed by atoms with E-state index in [0.29, 0.717) is 6.04 Å². The lowest BCUT2D eigenvalue weighted by molar-refractivity contribution is 0.176. The Balaban J connectivity index is 2.10. The number of hydrogen-bond acceptors (Lipinski definition) is 2. The van der Waals surface area contributed by atoms with Crippen molar-refractivity contribution in [3.05, 3.63) is 17.5 Å². The minimum atomic E-state index is -0.0509. The highest BCUT2D eigenvalue weighted by molar-refractivity contribution is 5.75. The summed E-state index contributed by atoms with van der Waals surface area (Å²) < 4.78 is 1.97. The monoisotopic (exact) mass is 306 g/mol. The molecule has 1 aliphatic rings. The van der Waals surface area contributed by atoms with E-state index in [-0.39, 0.29) is 23.7 Å². The fourth-order valence-electron chi connectivity index (χ4n) is 2.75. The molecule has 5 heteroatoms. The number of rotatable bonds is 4. The number of aryl methyl sites for hydroxylation is 1. The molecule has 22 heavy (non-hydrogen) atoms. The Hall–Kier alpha value is -1.52. The van der Waals surface area contributed by atoms with Crippen molar-refractivity contribution in [2.75, 3.05) is 0 Å². The van der Waals surface area contributed by atoms with Gasteiger partial charge >= 0.3 is 6.03 Å². The van der Waals surface area contributed by atoms with Crippen LogP contribution >= 0.6 is 0 Å². The van der Waals surface area contributed by atoms with Gasteiger partial charge in [0.15, 0.2) is 0 Å². The van der Waals surface area contributed by atoms with Gasteiger partial charge in [-0.15, -0.1) is 0 Å². The van der Waals surface area contributed by atoms with Gasteiger partial charge in [0.25, 0.3) is 0 Å². The fourth-order valence-corrected chi connectivity index (χ4v) is 2.75. The van der Waals surface area contributed by atoms with Gasteiger partial charge in [-0.2, -0.15) is 5.10 Å². The summed E-state index contributed by atoms with van der Waals surface area (Å²) in [5, 5.41) is 7.73. The highest BCUT2D eigenvalue weighted by atomic mass is 16.2. The van der Waals surface area contributed by atoms with E-state index in [4.69, 9.17) is 0 Å². The van der Waals surface area contributed by atoms with Crippen LogP contribution in [-0.4, -0.2) is 32.8 Å². The molecule has 124 valence electrons. The summed E-state index contributed by atoms with van der Waals surface area (Å²) in [7, 11) is 0. The summed E-state index contributed by atoms with van der Waals surface area (Å²) in [4.78, 5) is 14.5. The highest BCUT2D eigenvalue weighted by Gasteiger charge is 2.35. The third-order valence-corrected chi connectivity index (χ3v) is 4.16. The van der Waals surface area contributed by atoms with Crippen LogP contribution in [0.3, 0.4) is 0 Å². The van der Waals surface area contributed by atoms with Gasteiger partial charge in [-0.25, -0.2) is 4.79 Å². The minimum Gasteiger partial charge on any atom is -0.331 e. The molecule has 0 saturated heterocycles. The lowest BCUT2D eigenvalue weighted by atomic mass is 10.1. The van der Waals surface area contributed by atoms with E-state index in [2.05, 4.69) is 51.2 Å². The van der Waals surface area contributed by atoms with Crippen LogP contribution in [0, 0.1) is 6.92 Å². The van der Waals surface area contributed by atoms with Crippen molar-refractivity contribution < 1.29 is 4.79 Å². The summed E-state index contributed by atoms with van der Waals surface area (Å²) in [5.41, 5.74) is 2.01. The van der Waals surface area contributed by atoms with Crippen molar-refractivity contribution in [2.45, 2.75) is 85.0 Å². The summed E-state index contributed by atoms with van der Waals surface area (Å²) in [6.45, 7) is 14.6. The maximum Gasteiger partial charge on any atom is 0.318 e. The van der Waals surface area contributed by atoms with Crippen molar-refractivity contribution in [3.8, 4) is 0 Å². The molecule has 1 heterocycles. The van der Waals surface area contributed by atoms with Crippen molar-refractivity contribution in [2.24, 2.45) is 0 Å². The Morgan fingerprint density at radius 1 is 1.36 bits per heavy atom. The molecule has 1 N–H and O–H groups in total. The smallest absolute Gasteiger partial charge is 0.318 e. The third-order valence-electron chi connectivity index (χ3n) is 4.16. The molecule has 5 nitrogen and oxygen atoms in total. The van der Waals surface area contributed by atoms with E-state index in [1.165, 1.54) is 0 Å². The molecule has 1 fully saturated rings. The number of hydrogen-bond donors (Lipinski definition) is 1. The first-order valence-corrected chi connectivity index (χ1v) is 8.26. The molecule has 0 bridgehead atoms. The third kappa shape index (κ3) is 3.62. The zero-order valence-electron chi connectivity index (χ0n) is 15.0. The second kappa shape index (κ2) is 5.94. The van der Waals surface area contributed by atoms with Crippen molar-refractivity contribution >= 4 is 6.03 Å². The number of carbonyl (C=O) groups excluding carboxylic acids is 1. The summed E-state index contributed by atoms with van der Waals surface area (Å²) in [6.07, 6.45) is 4.30. The molecule has 1 atom stereocenters. The molecule has 0 radical (unpaired) electrons. The first kappa shape index (κ1) is 16.8. The molecule has 0 spiro atoms. The van der Waals surface area contributed by atoms with E-state index >= 15 is 0 Å². The molecular weight excluding hydrogens is 276 g/mol. The van der Waals surface area contributed by atoms with Crippen LogP contribution in [0.2, 0.25) is 0 Å². The van der Waals surface area contributed by atoms with Crippen LogP contribution in [0.1, 0.15) is 71.7 Å². The second-order valence-corrected chi connectivity index (χ2v) is 7.69. The van der Waals surface area contributed by atoms with Gasteiger partial charge in [0.2, 0.25) is 0 Å². The number of amides is 2.